The number of benzene rings is 1. The Bertz CT molecular complexity index is 385. The molecule has 1 aromatic rings. The van der Waals surface area contributed by atoms with Crippen LogP contribution in [0.2, 0.25) is 0 Å². The number of hydrogen-bond donors (Lipinski definition) is 3. The van der Waals surface area contributed by atoms with Crippen molar-refractivity contribution in [3.05, 3.63) is 34.9 Å². The molecule has 0 amide bonds. The van der Waals surface area contributed by atoms with Crippen molar-refractivity contribution in [2.75, 3.05) is 6.54 Å². The van der Waals surface area contributed by atoms with Crippen molar-refractivity contribution in [2.45, 2.75) is 19.1 Å². The highest BCUT2D eigenvalue weighted by Gasteiger charge is 2.18. The number of rotatable bonds is 3. The standard InChI is InChI=1S/C11H14N2O2/c1-7-4-8(5-12)2-3-9(7)11(15)10(14)6-13/h2-4,10-11,14-15H,6,13H2,1H3. The summed E-state index contributed by atoms with van der Waals surface area (Å²) in [6, 6.07) is 6.92. The summed E-state index contributed by atoms with van der Waals surface area (Å²) >= 11 is 0. The fourth-order valence-corrected chi connectivity index (χ4v) is 1.41. The Balaban J connectivity index is 3.01. The monoisotopic (exact) mass is 206 g/mol. The van der Waals surface area contributed by atoms with Crippen molar-refractivity contribution in [3.8, 4) is 6.07 Å². The fraction of sp³-hybridized carbons (Fsp3) is 0.364. The highest BCUT2D eigenvalue weighted by molar-refractivity contribution is 5.38. The third kappa shape index (κ3) is 2.54. The van der Waals surface area contributed by atoms with Crippen LogP contribution in [0.4, 0.5) is 0 Å². The summed E-state index contributed by atoms with van der Waals surface area (Å²) in [5.74, 6) is 0. The molecule has 4 heteroatoms. The molecule has 15 heavy (non-hydrogen) atoms. The van der Waals surface area contributed by atoms with Gasteiger partial charge in [0.25, 0.3) is 0 Å². The number of aliphatic hydroxyl groups is 2. The Labute approximate surface area is 88.6 Å². The third-order valence-corrected chi connectivity index (χ3v) is 2.32. The highest BCUT2D eigenvalue weighted by atomic mass is 16.3. The number of aliphatic hydroxyl groups excluding tert-OH is 2. The van der Waals surface area contributed by atoms with E-state index in [1.807, 2.05) is 6.07 Å². The van der Waals surface area contributed by atoms with Crippen molar-refractivity contribution in [3.63, 3.8) is 0 Å². The van der Waals surface area contributed by atoms with Gasteiger partial charge in [-0.2, -0.15) is 5.26 Å². The summed E-state index contributed by atoms with van der Waals surface area (Å²) in [6.45, 7) is 1.78. The summed E-state index contributed by atoms with van der Waals surface area (Å²) in [4.78, 5) is 0. The van der Waals surface area contributed by atoms with Gasteiger partial charge >= 0.3 is 0 Å². The van der Waals surface area contributed by atoms with Crippen LogP contribution in [0.3, 0.4) is 0 Å². The van der Waals surface area contributed by atoms with Crippen LogP contribution in [-0.4, -0.2) is 22.9 Å². The lowest BCUT2D eigenvalue weighted by atomic mass is 9.98. The average molecular weight is 206 g/mol. The smallest absolute Gasteiger partial charge is 0.106 e. The van der Waals surface area contributed by atoms with Gasteiger partial charge < -0.3 is 15.9 Å². The van der Waals surface area contributed by atoms with E-state index in [1.54, 1.807) is 25.1 Å². The number of aryl methyl sites for hydroxylation is 1. The molecule has 2 atom stereocenters. The molecule has 0 heterocycles. The molecule has 0 aliphatic rings. The van der Waals surface area contributed by atoms with Crippen molar-refractivity contribution in [1.82, 2.24) is 0 Å². The molecule has 2 unspecified atom stereocenters. The second-order valence-electron chi connectivity index (χ2n) is 3.43. The number of nitrogens with zero attached hydrogens (tertiary/aromatic N) is 1. The van der Waals surface area contributed by atoms with Gasteiger partial charge in [-0.3, -0.25) is 0 Å². The molecule has 0 spiro atoms. The second-order valence-corrected chi connectivity index (χ2v) is 3.43. The van der Waals surface area contributed by atoms with Crippen molar-refractivity contribution in [2.24, 2.45) is 5.73 Å². The topological polar surface area (TPSA) is 90.3 Å². The minimum atomic E-state index is -0.997. The number of nitriles is 1. The largest absolute Gasteiger partial charge is 0.389 e. The van der Waals surface area contributed by atoms with E-state index >= 15 is 0 Å². The first-order valence-electron chi connectivity index (χ1n) is 4.67. The molecule has 80 valence electrons. The second kappa shape index (κ2) is 4.89. The predicted octanol–water partition coefficient (Wildman–Crippen LogP) is 0.220. The van der Waals surface area contributed by atoms with Gasteiger partial charge in [-0.25, -0.2) is 0 Å². The van der Waals surface area contributed by atoms with Crippen molar-refractivity contribution in [1.29, 1.82) is 5.26 Å². The van der Waals surface area contributed by atoms with E-state index in [-0.39, 0.29) is 6.54 Å². The van der Waals surface area contributed by atoms with E-state index in [4.69, 9.17) is 11.0 Å². The SMILES string of the molecule is Cc1cc(C#N)ccc1C(O)C(O)CN. The molecule has 4 nitrogen and oxygen atoms in total. The van der Waals surface area contributed by atoms with Crippen LogP contribution in [0, 0.1) is 18.3 Å². The lowest BCUT2D eigenvalue weighted by Crippen LogP contribution is -2.27. The molecule has 0 aliphatic heterocycles. The molecule has 0 aromatic heterocycles. The molecule has 0 fully saturated rings. The number of nitrogens with two attached hydrogens (primary N) is 1. The summed E-state index contributed by atoms with van der Waals surface area (Å²) in [5, 5.41) is 27.8. The molecular weight excluding hydrogens is 192 g/mol. The van der Waals surface area contributed by atoms with Crippen LogP contribution >= 0.6 is 0 Å². The minimum Gasteiger partial charge on any atom is -0.389 e. The predicted molar refractivity (Wildman–Crippen MR) is 55.9 cm³/mol. The molecule has 4 N–H and O–H groups in total. The Morgan fingerprint density at radius 1 is 1.47 bits per heavy atom. The van der Waals surface area contributed by atoms with Gasteiger partial charge in [0.05, 0.1) is 17.7 Å². The zero-order valence-corrected chi connectivity index (χ0v) is 8.51. The fourth-order valence-electron chi connectivity index (χ4n) is 1.41. The Kier molecular flexibility index (Phi) is 3.81. The molecule has 1 aromatic carbocycles. The van der Waals surface area contributed by atoms with Gasteiger partial charge in [0, 0.05) is 6.54 Å². The summed E-state index contributed by atoms with van der Waals surface area (Å²) < 4.78 is 0. The normalized spacial score (nSPS) is 14.3. The van der Waals surface area contributed by atoms with E-state index in [1.165, 1.54) is 0 Å². The molecule has 0 aliphatic carbocycles. The maximum absolute atomic E-state index is 9.72. The third-order valence-electron chi connectivity index (χ3n) is 2.32. The van der Waals surface area contributed by atoms with E-state index < -0.39 is 12.2 Å². The lowest BCUT2D eigenvalue weighted by Gasteiger charge is -2.18. The minimum absolute atomic E-state index is 0.000603. The zero-order valence-electron chi connectivity index (χ0n) is 8.51. The van der Waals surface area contributed by atoms with Gasteiger partial charge in [-0.15, -0.1) is 0 Å². The first kappa shape index (κ1) is 11.7. The summed E-state index contributed by atoms with van der Waals surface area (Å²) in [7, 11) is 0. The molecule has 0 bridgehead atoms. The quantitative estimate of drug-likeness (QED) is 0.659. The average Bonchev–Trinajstić information content (AvgIpc) is 2.26. The van der Waals surface area contributed by atoms with E-state index in [2.05, 4.69) is 0 Å². The highest BCUT2D eigenvalue weighted by Crippen LogP contribution is 2.21. The van der Waals surface area contributed by atoms with Gasteiger partial charge in [-0.1, -0.05) is 6.07 Å². The van der Waals surface area contributed by atoms with Crippen molar-refractivity contribution >= 4 is 0 Å². The maximum atomic E-state index is 9.72. The van der Waals surface area contributed by atoms with Gasteiger partial charge in [-0.05, 0) is 30.2 Å². The Hall–Kier alpha value is -1.41. The Morgan fingerprint density at radius 2 is 2.13 bits per heavy atom. The van der Waals surface area contributed by atoms with Gasteiger partial charge in [0.2, 0.25) is 0 Å². The molecule has 1 rings (SSSR count). The van der Waals surface area contributed by atoms with Gasteiger partial charge in [0.1, 0.15) is 6.10 Å². The van der Waals surface area contributed by atoms with Gasteiger partial charge in [0.15, 0.2) is 0 Å². The van der Waals surface area contributed by atoms with Crippen LogP contribution in [0.25, 0.3) is 0 Å². The van der Waals surface area contributed by atoms with Crippen LogP contribution in [-0.2, 0) is 0 Å². The van der Waals surface area contributed by atoms with E-state index in [0.29, 0.717) is 11.1 Å². The zero-order chi connectivity index (χ0) is 11.4. The van der Waals surface area contributed by atoms with Crippen molar-refractivity contribution < 1.29 is 10.2 Å². The van der Waals surface area contributed by atoms with E-state index in [9.17, 15) is 10.2 Å². The first-order valence-corrected chi connectivity index (χ1v) is 4.67. The summed E-state index contributed by atoms with van der Waals surface area (Å²) in [6.07, 6.45) is -1.97. The van der Waals surface area contributed by atoms with Crippen LogP contribution in [0.1, 0.15) is 22.8 Å². The molecular formula is C11H14N2O2. The van der Waals surface area contributed by atoms with Crippen LogP contribution in [0.15, 0.2) is 18.2 Å². The summed E-state index contributed by atoms with van der Waals surface area (Å²) in [5.41, 5.74) is 7.16. The molecule has 0 saturated heterocycles. The van der Waals surface area contributed by atoms with E-state index in [0.717, 1.165) is 5.56 Å². The first-order chi connectivity index (χ1) is 7.10. The Morgan fingerprint density at radius 3 is 2.60 bits per heavy atom. The number of hydrogen-bond acceptors (Lipinski definition) is 4. The van der Waals surface area contributed by atoms with Crippen LogP contribution in [0.5, 0.6) is 0 Å². The molecule has 0 saturated carbocycles. The molecule has 0 radical (unpaired) electrons. The van der Waals surface area contributed by atoms with Crippen LogP contribution < -0.4 is 5.73 Å². The maximum Gasteiger partial charge on any atom is 0.106 e. The lowest BCUT2D eigenvalue weighted by molar-refractivity contribution is 0.0239.